The highest BCUT2D eigenvalue weighted by Gasteiger charge is 2.28. The van der Waals surface area contributed by atoms with E-state index in [1.165, 1.54) is 11.1 Å². The molecule has 1 saturated heterocycles. The second-order valence-electron chi connectivity index (χ2n) is 7.97. The Morgan fingerprint density at radius 1 is 0.727 bits per heavy atom. The van der Waals surface area contributed by atoms with Crippen LogP contribution in [-0.4, -0.2) is 62.3 Å². The van der Waals surface area contributed by atoms with Gasteiger partial charge in [0.05, 0.1) is 27.4 Å². The van der Waals surface area contributed by atoms with E-state index in [2.05, 4.69) is 70.5 Å². The van der Waals surface area contributed by atoms with Gasteiger partial charge in [-0.1, -0.05) is 72.9 Å². The summed E-state index contributed by atoms with van der Waals surface area (Å²) in [6.45, 7) is 3.54. The van der Waals surface area contributed by atoms with Gasteiger partial charge in [0, 0.05) is 31.7 Å². The first kappa shape index (κ1) is 23.1. The Morgan fingerprint density at radius 2 is 1.21 bits per heavy atom. The molecule has 0 bridgehead atoms. The van der Waals surface area contributed by atoms with Gasteiger partial charge in [0.2, 0.25) is 5.75 Å². The molecule has 1 aliphatic rings. The summed E-state index contributed by atoms with van der Waals surface area (Å²) in [6.07, 6.45) is 0. The molecule has 1 fully saturated rings. The first-order valence-electron chi connectivity index (χ1n) is 11.1. The van der Waals surface area contributed by atoms with Crippen molar-refractivity contribution in [3.05, 3.63) is 89.5 Å². The van der Waals surface area contributed by atoms with Gasteiger partial charge in [-0.05, 0) is 23.3 Å². The molecule has 0 spiro atoms. The van der Waals surface area contributed by atoms with Crippen LogP contribution in [0, 0.1) is 0 Å². The lowest BCUT2D eigenvalue weighted by Gasteiger charge is -2.40. The molecule has 1 aliphatic heterocycles. The lowest BCUT2D eigenvalue weighted by Crippen LogP contribution is -2.49. The van der Waals surface area contributed by atoms with Crippen LogP contribution >= 0.6 is 12.2 Å². The lowest BCUT2D eigenvalue weighted by molar-refractivity contribution is 0.152. The van der Waals surface area contributed by atoms with Crippen LogP contribution in [0.4, 0.5) is 0 Å². The fourth-order valence-corrected chi connectivity index (χ4v) is 4.76. The van der Waals surface area contributed by atoms with Gasteiger partial charge in [0.1, 0.15) is 4.99 Å². The largest absolute Gasteiger partial charge is 0.493 e. The number of nitrogens with zero attached hydrogens (tertiary/aromatic N) is 2. The molecule has 5 nitrogen and oxygen atoms in total. The van der Waals surface area contributed by atoms with Crippen LogP contribution in [-0.2, 0) is 0 Å². The summed E-state index contributed by atoms with van der Waals surface area (Å²) in [5, 5.41) is 0. The van der Waals surface area contributed by atoms with Crippen molar-refractivity contribution in [2.45, 2.75) is 6.04 Å². The quantitative estimate of drug-likeness (QED) is 0.470. The molecular formula is C27H30N2O3S. The van der Waals surface area contributed by atoms with Crippen molar-refractivity contribution in [1.82, 2.24) is 9.80 Å². The van der Waals surface area contributed by atoms with Gasteiger partial charge in [-0.25, -0.2) is 0 Å². The number of hydrogen-bond acceptors (Lipinski definition) is 5. The first-order valence-corrected chi connectivity index (χ1v) is 11.5. The van der Waals surface area contributed by atoms with E-state index in [4.69, 9.17) is 26.4 Å². The molecule has 0 aromatic heterocycles. The number of methoxy groups -OCH3 is 3. The summed E-state index contributed by atoms with van der Waals surface area (Å²) in [5.41, 5.74) is 3.52. The highest BCUT2D eigenvalue weighted by atomic mass is 32.1. The van der Waals surface area contributed by atoms with Crippen LogP contribution < -0.4 is 14.2 Å². The average Bonchev–Trinajstić information content (AvgIpc) is 2.89. The Kier molecular flexibility index (Phi) is 7.47. The number of hydrogen-bond donors (Lipinski definition) is 0. The molecule has 0 amide bonds. The van der Waals surface area contributed by atoms with E-state index >= 15 is 0 Å². The predicted octanol–water partition coefficient (Wildman–Crippen LogP) is 4.80. The van der Waals surface area contributed by atoms with Crippen LogP contribution in [0.15, 0.2) is 72.8 Å². The highest BCUT2D eigenvalue weighted by Crippen LogP contribution is 2.39. The second kappa shape index (κ2) is 10.7. The maximum atomic E-state index is 5.88. The van der Waals surface area contributed by atoms with Crippen molar-refractivity contribution in [3.63, 3.8) is 0 Å². The summed E-state index contributed by atoms with van der Waals surface area (Å²) in [4.78, 5) is 5.60. The first-order chi connectivity index (χ1) is 16.2. The smallest absolute Gasteiger partial charge is 0.203 e. The van der Waals surface area contributed by atoms with E-state index in [0.717, 1.165) is 36.7 Å². The highest BCUT2D eigenvalue weighted by molar-refractivity contribution is 7.80. The molecule has 0 N–H and O–H groups in total. The average molecular weight is 463 g/mol. The third-order valence-electron chi connectivity index (χ3n) is 6.11. The molecule has 4 rings (SSSR count). The van der Waals surface area contributed by atoms with Crippen LogP contribution in [0.1, 0.15) is 22.7 Å². The Bertz CT molecular complexity index is 1000. The van der Waals surface area contributed by atoms with E-state index in [0.29, 0.717) is 17.2 Å². The van der Waals surface area contributed by atoms with E-state index in [1.54, 1.807) is 21.3 Å². The van der Waals surface area contributed by atoms with E-state index < -0.39 is 0 Å². The van der Waals surface area contributed by atoms with Gasteiger partial charge in [0.15, 0.2) is 11.5 Å². The van der Waals surface area contributed by atoms with Crippen molar-refractivity contribution >= 4 is 17.2 Å². The Labute approximate surface area is 201 Å². The maximum absolute atomic E-state index is 5.88. The molecule has 1 heterocycles. The zero-order valence-electron chi connectivity index (χ0n) is 19.4. The van der Waals surface area contributed by atoms with Crippen LogP contribution in [0.5, 0.6) is 17.2 Å². The number of benzene rings is 3. The topological polar surface area (TPSA) is 34.2 Å². The minimum atomic E-state index is 0.226. The number of ether oxygens (including phenoxy) is 3. The summed E-state index contributed by atoms with van der Waals surface area (Å²) in [5.74, 6) is 1.80. The zero-order valence-corrected chi connectivity index (χ0v) is 20.2. The van der Waals surface area contributed by atoms with Crippen molar-refractivity contribution in [2.24, 2.45) is 0 Å². The van der Waals surface area contributed by atoms with Crippen LogP contribution in [0.3, 0.4) is 0 Å². The number of rotatable bonds is 7. The lowest BCUT2D eigenvalue weighted by atomic mass is 9.96. The van der Waals surface area contributed by atoms with E-state index in [1.807, 2.05) is 12.1 Å². The minimum Gasteiger partial charge on any atom is -0.493 e. The maximum Gasteiger partial charge on any atom is 0.203 e. The molecule has 0 unspecified atom stereocenters. The molecule has 0 saturated carbocycles. The van der Waals surface area contributed by atoms with Gasteiger partial charge in [0.25, 0.3) is 0 Å². The monoisotopic (exact) mass is 462 g/mol. The minimum absolute atomic E-state index is 0.226. The third-order valence-corrected chi connectivity index (χ3v) is 6.60. The van der Waals surface area contributed by atoms with Gasteiger partial charge in [-0.3, -0.25) is 4.90 Å². The van der Waals surface area contributed by atoms with Gasteiger partial charge < -0.3 is 19.1 Å². The second-order valence-corrected chi connectivity index (χ2v) is 8.35. The van der Waals surface area contributed by atoms with E-state index in [-0.39, 0.29) is 6.04 Å². The fraction of sp³-hybridized carbons (Fsp3) is 0.296. The number of thiocarbonyl (C=S) groups is 1. The molecular weight excluding hydrogens is 432 g/mol. The number of piperazine rings is 1. The molecule has 0 aliphatic carbocycles. The van der Waals surface area contributed by atoms with Gasteiger partial charge >= 0.3 is 0 Å². The van der Waals surface area contributed by atoms with Gasteiger partial charge in [-0.15, -0.1) is 0 Å². The molecule has 0 atom stereocenters. The molecule has 33 heavy (non-hydrogen) atoms. The molecule has 3 aromatic carbocycles. The molecule has 0 radical (unpaired) electrons. The van der Waals surface area contributed by atoms with Crippen LogP contribution in [0.2, 0.25) is 0 Å². The predicted molar refractivity (Wildman–Crippen MR) is 136 cm³/mol. The zero-order chi connectivity index (χ0) is 23.2. The van der Waals surface area contributed by atoms with Crippen molar-refractivity contribution < 1.29 is 14.2 Å². The molecule has 6 heteroatoms. The van der Waals surface area contributed by atoms with Crippen molar-refractivity contribution in [3.8, 4) is 17.2 Å². The van der Waals surface area contributed by atoms with Crippen LogP contribution in [0.25, 0.3) is 0 Å². The Morgan fingerprint density at radius 3 is 1.64 bits per heavy atom. The van der Waals surface area contributed by atoms with Crippen molar-refractivity contribution in [2.75, 3.05) is 47.5 Å². The standard InChI is InChI=1S/C27H30N2O3S/c1-30-23-18-22(19-24(31-2)26(23)32-3)27(33)29-16-14-28(15-17-29)25(20-10-6-4-7-11-20)21-12-8-5-9-13-21/h4-13,18-19,25H,14-17H2,1-3H3. The Balaban J connectivity index is 1.53. The summed E-state index contributed by atoms with van der Waals surface area (Å²) >= 11 is 5.88. The summed E-state index contributed by atoms with van der Waals surface area (Å²) in [6, 6.07) is 25.5. The normalized spacial score (nSPS) is 14.2. The Hall–Kier alpha value is -3.09. The third kappa shape index (κ3) is 4.97. The SMILES string of the molecule is COc1cc(C(=S)N2CCN(C(c3ccccc3)c3ccccc3)CC2)cc(OC)c1OC. The fourth-order valence-electron chi connectivity index (χ4n) is 4.46. The summed E-state index contributed by atoms with van der Waals surface area (Å²) in [7, 11) is 4.85. The summed E-state index contributed by atoms with van der Waals surface area (Å²) < 4.78 is 16.5. The molecule has 3 aromatic rings. The molecule has 172 valence electrons. The van der Waals surface area contributed by atoms with E-state index in [9.17, 15) is 0 Å². The van der Waals surface area contributed by atoms with Crippen molar-refractivity contribution in [1.29, 1.82) is 0 Å². The van der Waals surface area contributed by atoms with Gasteiger partial charge in [-0.2, -0.15) is 0 Å².